The molecule has 1 N–H and O–H groups in total. The third kappa shape index (κ3) is 7.00. The highest BCUT2D eigenvalue weighted by atomic mass is 16.6. The second-order valence-electron chi connectivity index (χ2n) is 9.09. The average molecular weight is 471 g/mol. The molecule has 9 nitrogen and oxygen atoms in total. The van der Waals surface area contributed by atoms with Gasteiger partial charge in [0.15, 0.2) is 11.5 Å². The smallest absolute Gasteiger partial charge is 0.410 e. The number of amides is 2. The summed E-state index contributed by atoms with van der Waals surface area (Å²) in [6.45, 7) is 8.15. The minimum absolute atomic E-state index is 0.110. The van der Waals surface area contributed by atoms with Gasteiger partial charge in [-0.1, -0.05) is 6.07 Å². The van der Waals surface area contributed by atoms with E-state index in [2.05, 4.69) is 15.2 Å². The molecular formula is C25H34N4O5. The Hall–Kier alpha value is -3.49. The molecule has 0 unspecified atom stereocenters. The van der Waals surface area contributed by atoms with Crippen LogP contribution in [-0.4, -0.2) is 67.9 Å². The highest BCUT2D eigenvalue weighted by Gasteiger charge is 2.26. The van der Waals surface area contributed by atoms with Crippen molar-refractivity contribution in [3.8, 4) is 11.5 Å². The van der Waals surface area contributed by atoms with Crippen molar-refractivity contribution in [2.45, 2.75) is 39.2 Å². The number of pyridine rings is 1. The Morgan fingerprint density at radius 2 is 1.71 bits per heavy atom. The minimum atomic E-state index is -0.500. The standard InChI is InChI=1S/C25H34N4O5/c1-25(2,3)34-24(31)29-14-12-28(13-15-29)19-8-10-22(26-17-19)27-23(30)11-7-18-6-9-20(32-4)21(16-18)33-5/h6,8-10,16-17H,7,11-15H2,1-5H3,(H,26,27,30). The third-order valence-electron chi connectivity index (χ3n) is 5.40. The van der Waals surface area contributed by atoms with E-state index in [0.717, 1.165) is 11.3 Å². The number of rotatable bonds is 7. The van der Waals surface area contributed by atoms with E-state index in [1.54, 1.807) is 31.4 Å². The van der Waals surface area contributed by atoms with Crippen LogP contribution in [0, 0.1) is 0 Å². The minimum Gasteiger partial charge on any atom is -0.493 e. The molecule has 2 heterocycles. The van der Waals surface area contributed by atoms with Crippen molar-refractivity contribution in [2.24, 2.45) is 0 Å². The number of carbonyl (C=O) groups excluding carboxylic acids is 2. The molecule has 0 saturated carbocycles. The fourth-order valence-corrected chi connectivity index (χ4v) is 3.62. The van der Waals surface area contributed by atoms with Gasteiger partial charge in [0.05, 0.1) is 26.1 Å². The predicted molar refractivity (Wildman–Crippen MR) is 131 cm³/mol. The molecule has 1 saturated heterocycles. The van der Waals surface area contributed by atoms with Gasteiger partial charge in [-0.25, -0.2) is 9.78 Å². The van der Waals surface area contributed by atoms with E-state index in [9.17, 15) is 9.59 Å². The molecule has 0 radical (unpaired) electrons. The Kier molecular flexibility index (Phi) is 8.20. The highest BCUT2D eigenvalue weighted by molar-refractivity contribution is 5.90. The fraction of sp³-hybridized carbons (Fsp3) is 0.480. The van der Waals surface area contributed by atoms with E-state index < -0.39 is 5.60 Å². The summed E-state index contributed by atoms with van der Waals surface area (Å²) in [5.41, 5.74) is 1.44. The van der Waals surface area contributed by atoms with E-state index in [0.29, 0.717) is 56.3 Å². The number of aromatic nitrogens is 1. The molecule has 184 valence electrons. The molecular weight excluding hydrogens is 436 g/mol. The number of nitrogens with one attached hydrogen (secondary N) is 1. The Labute approximate surface area is 201 Å². The van der Waals surface area contributed by atoms with Crippen LogP contribution in [-0.2, 0) is 16.0 Å². The second kappa shape index (κ2) is 11.1. The summed E-state index contributed by atoms with van der Waals surface area (Å²) in [7, 11) is 3.18. The molecule has 0 bridgehead atoms. The van der Waals surface area contributed by atoms with Crippen molar-refractivity contribution < 1.29 is 23.8 Å². The fourth-order valence-electron chi connectivity index (χ4n) is 3.62. The van der Waals surface area contributed by atoms with Crippen molar-refractivity contribution in [3.63, 3.8) is 0 Å². The zero-order chi connectivity index (χ0) is 24.7. The van der Waals surface area contributed by atoms with Crippen LogP contribution in [0.25, 0.3) is 0 Å². The van der Waals surface area contributed by atoms with Crippen molar-refractivity contribution in [3.05, 3.63) is 42.1 Å². The van der Waals surface area contributed by atoms with E-state index in [-0.39, 0.29) is 12.0 Å². The molecule has 1 aromatic carbocycles. The summed E-state index contributed by atoms with van der Waals surface area (Å²) >= 11 is 0. The van der Waals surface area contributed by atoms with Crippen molar-refractivity contribution >= 4 is 23.5 Å². The number of ether oxygens (including phenoxy) is 3. The summed E-state index contributed by atoms with van der Waals surface area (Å²) in [6.07, 6.45) is 2.36. The van der Waals surface area contributed by atoms with Gasteiger partial charge in [0.25, 0.3) is 0 Å². The average Bonchev–Trinajstić information content (AvgIpc) is 2.82. The summed E-state index contributed by atoms with van der Waals surface area (Å²) in [5.74, 6) is 1.70. The summed E-state index contributed by atoms with van der Waals surface area (Å²) in [6, 6.07) is 9.36. The maximum atomic E-state index is 12.4. The predicted octanol–water partition coefficient (Wildman–Crippen LogP) is 3.73. The van der Waals surface area contributed by atoms with E-state index in [1.165, 1.54) is 0 Å². The molecule has 0 spiro atoms. The third-order valence-corrected chi connectivity index (χ3v) is 5.40. The maximum Gasteiger partial charge on any atom is 0.410 e. The molecule has 1 fully saturated rings. The quantitative estimate of drug-likeness (QED) is 0.659. The van der Waals surface area contributed by atoms with Gasteiger partial charge in [0, 0.05) is 32.6 Å². The first-order valence-electron chi connectivity index (χ1n) is 11.4. The lowest BCUT2D eigenvalue weighted by Gasteiger charge is -2.36. The number of piperazine rings is 1. The van der Waals surface area contributed by atoms with Crippen LogP contribution in [0.15, 0.2) is 36.5 Å². The summed E-state index contributed by atoms with van der Waals surface area (Å²) < 4.78 is 16.0. The van der Waals surface area contributed by atoms with E-state index >= 15 is 0 Å². The normalized spacial score (nSPS) is 13.9. The monoisotopic (exact) mass is 470 g/mol. The van der Waals surface area contributed by atoms with Gasteiger partial charge in [-0.3, -0.25) is 4.79 Å². The molecule has 0 aliphatic carbocycles. The molecule has 9 heteroatoms. The summed E-state index contributed by atoms with van der Waals surface area (Å²) in [5, 5.41) is 2.84. The molecule has 1 aromatic heterocycles. The largest absolute Gasteiger partial charge is 0.493 e. The van der Waals surface area contributed by atoms with Crippen LogP contribution in [0.3, 0.4) is 0 Å². The molecule has 2 amide bonds. The number of carbonyl (C=O) groups is 2. The van der Waals surface area contributed by atoms with Crippen LogP contribution < -0.4 is 19.7 Å². The number of hydrogen-bond acceptors (Lipinski definition) is 7. The van der Waals surface area contributed by atoms with Gasteiger partial charge in [0.1, 0.15) is 11.4 Å². The first kappa shape index (κ1) is 25.1. The van der Waals surface area contributed by atoms with Crippen LogP contribution in [0.1, 0.15) is 32.8 Å². The lowest BCUT2D eigenvalue weighted by atomic mass is 10.1. The Balaban J connectivity index is 1.47. The Bertz CT molecular complexity index is 980. The molecule has 1 aliphatic heterocycles. The van der Waals surface area contributed by atoms with Crippen LogP contribution in [0.4, 0.5) is 16.3 Å². The van der Waals surface area contributed by atoms with Gasteiger partial charge >= 0.3 is 6.09 Å². The molecule has 3 rings (SSSR count). The Morgan fingerprint density at radius 3 is 2.29 bits per heavy atom. The highest BCUT2D eigenvalue weighted by Crippen LogP contribution is 2.28. The topological polar surface area (TPSA) is 93.2 Å². The lowest BCUT2D eigenvalue weighted by molar-refractivity contribution is -0.116. The molecule has 34 heavy (non-hydrogen) atoms. The van der Waals surface area contributed by atoms with Gasteiger partial charge < -0.3 is 29.3 Å². The molecule has 1 aliphatic rings. The maximum absolute atomic E-state index is 12.4. The van der Waals surface area contributed by atoms with Gasteiger partial charge in [0.2, 0.25) is 5.91 Å². The molecule has 2 aromatic rings. The molecule has 0 atom stereocenters. The Morgan fingerprint density at radius 1 is 1.00 bits per heavy atom. The first-order valence-corrected chi connectivity index (χ1v) is 11.4. The number of anilines is 2. The van der Waals surface area contributed by atoms with E-state index in [1.807, 2.05) is 45.0 Å². The SMILES string of the molecule is COc1ccc(CCC(=O)Nc2ccc(N3CCN(C(=O)OC(C)(C)C)CC3)cn2)cc1OC. The van der Waals surface area contributed by atoms with Crippen molar-refractivity contribution in [2.75, 3.05) is 50.6 Å². The number of benzene rings is 1. The van der Waals surface area contributed by atoms with Crippen molar-refractivity contribution in [1.82, 2.24) is 9.88 Å². The van der Waals surface area contributed by atoms with Gasteiger partial charge in [-0.05, 0) is 57.0 Å². The summed E-state index contributed by atoms with van der Waals surface area (Å²) in [4.78, 5) is 32.9. The number of methoxy groups -OCH3 is 2. The van der Waals surface area contributed by atoms with Gasteiger partial charge in [-0.15, -0.1) is 0 Å². The van der Waals surface area contributed by atoms with Gasteiger partial charge in [-0.2, -0.15) is 0 Å². The van der Waals surface area contributed by atoms with Crippen molar-refractivity contribution in [1.29, 1.82) is 0 Å². The van der Waals surface area contributed by atoms with Crippen LogP contribution >= 0.6 is 0 Å². The zero-order valence-electron chi connectivity index (χ0n) is 20.6. The number of nitrogens with zero attached hydrogens (tertiary/aromatic N) is 3. The lowest BCUT2D eigenvalue weighted by Crippen LogP contribution is -2.50. The number of hydrogen-bond donors (Lipinski definition) is 1. The van der Waals surface area contributed by atoms with Crippen LogP contribution in [0.5, 0.6) is 11.5 Å². The first-order chi connectivity index (χ1) is 16.2. The second-order valence-corrected chi connectivity index (χ2v) is 9.09. The van der Waals surface area contributed by atoms with E-state index in [4.69, 9.17) is 14.2 Å². The van der Waals surface area contributed by atoms with Crippen LogP contribution in [0.2, 0.25) is 0 Å². The number of aryl methyl sites for hydroxylation is 1. The zero-order valence-corrected chi connectivity index (χ0v) is 20.6.